The van der Waals surface area contributed by atoms with E-state index in [9.17, 15) is 0 Å². The molecule has 0 radical (unpaired) electrons. The third-order valence-electron chi connectivity index (χ3n) is 5.46. The van der Waals surface area contributed by atoms with Crippen LogP contribution in [0.4, 0.5) is 0 Å². The Labute approximate surface area is 126 Å². The van der Waals surface area contributed by atoms with Crippen molar-refractivity contribution in [3.05, 3.63) is 35.4 Å². The van der Waals surface area contributed by atoms with Crippen LogP contribution < -0.4 is 5.32 Å². The van der Waals surface area contributed by atoms with Crippen molar-refractivity contribution in [1.82, 2.24) is 10.2 Å². The van der Waals surface area contributed by atoms with Crippen molar-refractivity contribution in [3.63, 3.8) is 0 Å². The lowest BCUT2D eigenvalue weighted by molar-refractivity contribution is 0.347. The average Bonchev–Trinajstić information content (AvgIpc) is 3.09. The zero-order chi connectivity index (χ0) is 13.5. The third-order valence-corrected chi connectivity index (χ3v) is 5.84. The van der Waals surface area contributed by atoms with Crippen LogP contribution in [-0.4, -0.2) is 22.6 Å². The van der Waals surface area contributed by atoms with Gasteiger partial charge in [-0.2, -0.15) is 0 Å². The van der Waals surface area contributed by atoms with Crippen LogP contribution >= 0.6 is 12.2 Å². The minimum absolute atomic E-state index is 0.651. The molecule has 1 aromatic rings. The van der Waals surface area contributed by atoms with Crippen LogP contribution in [0.25, 0.3) is 0 Å². The molecule has 3 atom stereocenters. The number of thiocarbonyl (C=S) groups is 1. The molecule has 2 aliphatic carbocycles. The van der Waals surface area contributed by atoms with Gasteiger partial charge in [-0.1, -0.05) is 30.7 Å². The van der Waals surface area contributed by atoms with Crippen LogP contribution in [0.5, 0.6) is 0 Å². The average molecular weight is 286 g/mol. The van der Waals surface area contributed by atoms with E-state index in [0.29, 0.717) is 6.04 Å². The van der Waals surface area contributed by atoms with Gasteiger partial charge in [-0.3, -0.25) is 0 Å². The lowest BCUT2D eigenvalue weighted by Gasteiger charge is -2.34. The molecule has 1 aromatic carbocycles. The topological polar surface area (TPSA) is 15.3 Å². The highest BCUT2D eigenvalue weighted by Gasteiger charge is 2.40. The van der Waals surface area contributed by atoms with Crippen molar-refractivity contribution in [2.75, 3.05) is 6.54 Å². The Morgan fingerprint density at radius 3 is 2.75 bits per heavy atom. The maximum Gasteiger partial charge on any atom is 0.169 e. The highest BCUT2D eigenvalue weighted by molar-refractivity contribution is 7.80. The van der Waals surface area contributed by atoms with Gasteiger partial charge in [0.05, 0.1) is 0 Å². The van der Waals surface area contributed by atoms with Gasteiger partial charge in [-0.25, -0.2) is 0 Å². The molecule has 1 heterocycles. The molecule has 3 heteroatoms. The van der Waals surface area contributed by atoms with Crippen LogP contribution in [0.1, 0.15) is 36.8 Å². The van der Waals surface area contributed by atoms with Crippen molar-refractivity contribution in [1.29, 1.82) is 0 Å². The van der Waals surface area contributed by atoms with Gasteiger partial charge in [0.15, 0.2) is 5.11 Å². The summed E-state index contributed by atoms with van der Waals surface area (Å²) in [5, 5.41) is 4.65. The van der Waals surface area contributed by atoms with E-state index in [2.05, 4.69) is 34.5 Å². The molecule has 1 N–H and O–H groups in total. The summed E-state index contributed by atoms with van der Waals surface area (Å²) in [7, 11) is 0. The SMILES string of the molecule is S=C(N[C@@H]1C[C@@H]2CC[C@@H]1C2)N1CCc2ccccc2C1. The molecule has 2 saturated carbocycles. The van der Waals surface area contributed by atoms with E-state index >= 15 is 0 Å². The predicted molar refractivity (Wildman–Crippen MR) is 85.5 cm³/mol. The van der Waals surface area contributed by atoms with E-state index in [1.54, 1.807) is 0 Å². The smallest absolute Gasteiger partial charge is 0.169 e. The molecular formula is C17H22N2S. The Bertz CT molecular complexity index is 527. The van der Waals surface area contributed by atoms with E-state index in [1.165, 1.54) is 36.8 Å². The predicted octanol–water partition coefficient (Wildman–Crippen LogP) is 3.11. The minimum Gasteiger partial charge on any atom is -0.360 e. The van der Waals surface area contributed by atoms with Gasteiger partial charge >= 0.3 is 0 Å². The fourth-order valence-corrected chi connectivity index (χ4v) is 4.65. The maximum absolute atomic E-state index is 5.67. The zero-order valence-corrected chi connectivity index (χ0v) is 12.7. The maximum atomic E-state index is 5.67. The largest absolute Gasteiger partial charge is 0.360 e. The summed E-state index contributed by atoms with van der Waals surface area (Å²) in [5.41, 5.74) is 2.93. The number of hydrogen-bond donors (Lipinski definition) is 1. The fraction of sp³-hybridized carbons (Fsp3) is 0.588. The monoisotopic (exact) mass is 286 g/mol. The van der Waals surface area contributed by atoms with Gasteiger partial charge in [0.2, 0.25) is 0 Å². The summed E-state index contributed by atoms with van der Waals surface area (Å²) >= 11 is 5.67. The van der Waals surface area contributed by atoms with Gasteiger partial charge < -0.3 is 10.2 Å². The zero-order valence-electron chi connectivity index (χ0n) is 11.8. The summed E-state index contributed by atoms with van der Waals surface area (Å²) in [6, 6.07) is 9.41. The first-order valence-electron chi connectivity index (χ1n) is 7.92. The number of nitrogens with zero attached hydrogens (tertiary/aromatic N) is 1. The number of fused-ring (bicyclic) bond motifs is 3. The summed E-state index contributed by atoms with van der Waals surface area (Å²) in [5.74, 6) is 1.86. The Morgan fingerprint density at radius 1 is 1.15 bits per heavy atom. The molecule has 2 nitrogen and oxygen atoms in total. The Hall–Kier alpha value is -1.09. The first-order chi connectivity index (χ1) is 9.79. The Morgan fingerprint density at radius 2 is 2.00 bits per heavy atom. The molecule has 2 fully saturated rings. The lowest BCUT2D eigenvalue weighted by Crippen LogP contribution is -2.48. The van der Waals surface area contributed by atoms with Crippen LogP contribution in [0.3, 0.4) is 0 Å². The van der Waals surface area contributed by atoms with E-state index < -0.39 is 0 Å². The minimum atomic E-state index is 0.651. The van der Waals surface area contributed by atoms with Crippen molar-refractivity contribution in [2.24, 2.45) is 11.8 Å². The molecular weight excluding hydrogens is 264 g/mol. The summed E-state index contributed by atoms with van der Waals surface area (Å²) < 4.78 is 0. The van der Waals surface area contributed by atoms with Crippen LogP contribution in [0.2, 0.25) is 0 Å². The number of hydrogen-bond acceptors (Lipinski definition) is 1. The number of rotatable bonds is 1. The lowest BCUT2D eigenvalue weighted by atomic mass is 9.95. The molecule has 2 bridgehead atoms. The second kappa shape index (κ2) is 5.03. The van der Waals surface area contributed by atoms with E-state index in [-0.39, 0.29) is 0 Å². The highest BCUT2D eigenvalue weighted by Crippen LogP contribution is 2.44. The molecule has 0 aromatic heterocycles. The van der Waals surface area contributed by atoms with Crippen molar-refractivity contribution >= 4 is 17.3 Å². The molecule has 0 unspecified atom stereocenters. The normalized spacial score (nSPS) is 31.2. The van der Waals surface area contributed by atoms with Gasteiger partial charge in [-0.15, -0.1) is 0 Å². The van der Waals surface area contributed by atoms with E-state index in [4.69, 9.17) is 12.2 Å². The quantitative estimate of drug-likeness (QED) is 0.799. The fourth-order valence-electron chi connectivity index (χ4n) is 4.34. The van der Waals surface area contributed by atoms with Gasteiger partial charge in [0.1, 0.15) is 0 Å². The third kappa shape index (κ3) is 2.22. The Kier molecular flexibility index (Phi) is 3.18. The second-order valence-electron chi connectivity index (χ2n) is 6.67. The summed E-state index contributed by atoms with van der Waals surface area (Å²) in [4.78, 5) is 2.35. The van der Waals surface area contributed by atoms with Crippen molar-refractivity contribution in [3.8, 4) is 0 Å². The summed E-state index contributed by atoms with van der Waals surface area (Å²) in [6.07, 6.45) is 6.76. The second-order valence-corrected chi connectivity index (χ2v) is 7.06. The molecule has 4 rings (SSSR count). The van der Waals surface area contributed by atoms with Crippen molar-refractivity contribution < 1.29 is 0 Å². The van der Waals surface area contributed by atoms with E-state index in [0.717, 1.165) is 36.5 Å². The molecule has 0 spiro atoms. The first-order valence-corrected chi connectivity index (χ1v) is 8.32. The summed E-state index contributed by atoms with van der Waals surface area (Å²) in [6.45, 7) is 2.03. The molecule has 20 heavy (non-hydrogen) atoms. The Balaban J connectivity index is 1.40. The standard InChI is InChI=1S/C17H22N2S/c20-17(18-16-10-12-5-6-14(16)9-12)19-8-7-13-3-1-2-4-15(13)11-19/h1-4,12,14,16H,5-11H2,(H,18,20)/t12-,14-,16-/m1/s1. The molecule has 3 aliphatic rings. The number of nitrogens with one attached hydrogen (secondary N) is 1. The van der Waals surface area contributed by atoms with E-state index in [1.807, 2.05) is 0 Å². The van der Waals surface area contributed by atoms with Crippen LogP contribution in [0, 0.1) is 11.8 Å². The van der Waals surface area contributed by atoms with Gasteiger partial charge in [0, 0.05) is 19.1 Å². The molecule has 106 valence electrons. The number of benzene rings is 1. The molecule has 1 aliphatic heterocycles. The van der Waals surface area contributed by atoms with Gasteiger partial charge in [0.25, 0.3) is 0 Å². The van der Waals surface area contributed by atoms with Crippen molar-refractivity contribution in [2.45, 2.75) is 44.7 Å². The van der Waals surface area contributed by atoms with Crippen LogP contribution in [0.15, 0.2) is 24.3 Å². The van der Waals surface area contributed by atoms with Gasteiger partial charge in [-0.05, 0) is 60.9 Å². The molecule has 0 saturated heterocycles. The molecule has 0 amide bonds. The first kappa shape index (κ1) is 12.6. The van der Waals surface area contributed by atoms with Crippen LogP contribution in [-0.2, 0) is 13.0 Å². The highest BCUT2D eigenvalue weighted by atomic mass is 32.1.